The number of sulfonamides is 2. The number of aromatic nitrogens is 2. The Kier molecular flexibility index (Phi) is 9.50. The van der Waals surface area contributed by atoms with Crippen molar-refractivity contribution in [3.8, 4) is 0 Å². The predicted octanol–water partition coefficient (Wildman–Crippen LogP) is 6.87. The largest absolute Gasteiger partial charge is 0.465 e. The molecule has 2 aromatic carbocycles. The summed E-state index contributed by atoms with van der Waals surface area (Å²) >= 11 is 13.5. The van der Waals surface area contributed by atoms with Crippen LogP contribution in [0.2, 0.25) is 8.67 Å². The first-order chi connectivity index (χ1) is 21.5. The number of hydrogen-bond acceptors (Lipinski definition) is 9. The van der Waals surface area contributed by atoms with Crippen molar-refractivity contribution in [3.05, 3.63) is 92.1 Å². The minimum atomic E-state index is -4.82. The summed E-state index contributed by atoms with van der Waals surface area (Å²) in [6.07, 6.45) is -1.07. The average molecular weight is 744 g/mol. The molecule has 0 bridgehead atoms. The van der Waals surface area contributed by atoms with E-state index in [2.05, 4.69) is 5.10 Å². The Labute approximate surface area is 283 Å². The fourth-order valence-corrected chi connectivity index (χ4v) is 11.8. The Hall–Kier alpha value is -3.18. The number of thiophene rings is 2. The molecular weight excluding hydrogens is 716 g/mol. The molecule has 17 heteroatoms. The maximum atomic E-state index is 14.2. The van der Waals surface area contributed by atoms with Crippen LogP contribution in [0, 0.1) is 0 Å². The lowest BCUT2D eigenvalue weighted by atomic mass is 10.0. The second-order valence-electron chi connectivity index (χ2n) is 11.1. The lowest BCUT2D eigenvalue weighted by Crippen LogP contribution is -2.44. The van der Waals surface area contributed by atoms with Crippen LogP contribution in [0.1, 0.15) is 37.5 Å². The number of halogens is 2. The molecule has 0 unspecified atom stereocenters. The van der Waals surface area contributed by atoms with Crippen molar-refractivity contribution in [1.29, 1.82) is 0 Å². The molecule has 0 atom stereocenters. The van der Waals surface area contributed by atoms with Crippen molar-refractivity contribution in [1.82, 2.24) is 14.7 Å². The molecule has 11 nitrogen and oxygen atoms in total. The van der Waals surface area contributed by atoms with E-state index in [1.807, 2.05) is 0 Å². The summed E-state index contributed by atoms with van der Waals surface area (Å²) in [6.45, 7) is 5.03. The van der Waals surface area contributed by atoms with Gasteiger partial charge in [-0.2, -0.15) is 21.9 Å². The summed E-state index contributed by atoms with van der Waals surface area (Å²) in [5.41, 5.74) is 1.35. The van der Waals surface area contributed by atoms with Gasteiger partial charge in [-0.25, -0.2) is 4.79 Å². The number of aliphatic hydroxyl groups is 1. The lowest BCUT2D eigenvalue weighted by Gasteiger charge is -2.33. The number of benzene rings is 2. The van der Waals surface area contributed by atoms with Gasteiger partial charge in [0.25, 0.3) is 20.0 Å². The summed E-state index contributed by atoms with van der Waals surface area (Å²) in [7, 11) is -9.65. The minimum Gasteiger partial charge on any atom is -0.465 e. The number of carbonyl (C=O) groups is 1. The van der Waals surface area contributed by atoms with Gasteiger partial charge in [-0.15, -0.1) is 26.4 Å². The van der Waals surface area contributed by atoms with Crippen LogP contribution in [0.4, 0.5) is 10.6 Å². The Morgan fingerprint density at radius 2 is 1.46 bits per heavy atom. The van der Waals surface area contributed by atoms with Crippen LogP contribution in [0.3, 0.4) is 0 Å². The van der Waals surface area contributed by atoms with Crippen molar-refractivity contribution in [2.24, 2.45) is 0 Å². The standard InChI is InChI=1S/C29H28Cl2N4O7S4/c1-29(2,3)33(28(37)38)15-18-6-4-7-19(14-18)16-34-21-9-5-8-20(17-36)26(21)27(32-34)35(45(39,40)24-12-10-22(30)43-24)46(41,42)25-13-11-23(31)44-25/h4-14,36H,15-17H2,1-3H3,(H,37,38). The quantitative estimate of drug-likeness (QED) is 0.157. The van der Waals surface area contributed by atoms with Gasteiger partial charge in [0.2, 0.25) is 0 Å². The minimum absolute atomic E-state index is 0.0609. The number of hydrogen-bond donors (Lipinski definition) is 2. The molecule has 1 amide bonds. The van der Waals surface area contributed by atoms with E-state index in [-0.39, 0.29) is 44.8 Å². The Morgan fingerprint density at radius 1 is 0.891 bits per heavy atom. The molecule has 2 N–H and O–H groups in total. The van der Waals surface area contributed by atoms with Crippen LogP contribution in [0.25, 0.3) is 10.9 Å². The van der Waals surface area contributed by atoms with E-state index in [4.69, 9.17) is 23.2 Å². The average Bonchev–Trinajstić information content (AvgIpc) is 3.70. The lowest BCUT2D eigenvalue weighted by molar-refractivity contribution is 0.0955. The van der Waals surface area contributed by atoms with Gasteiger partial charge in [0.15, 0.2) is 5.82 Å². The SMILES string of the molecule is CC(C)(C)N(Cc1cccc(Cn2nc(N(S(=O)(=O)c3ccc(Cl)s3)S(=O)(=O)c3ccc(Cl)s3)c3c(CO)cccc32)c1)C(=O)O. The van der Waals surface area contributed by atoms with Crippen LogP contribution >= 0.6 is 45.9 Å². The first-order valence-electron chi connectivity index (χ1n) is 13.5. The number of fused-ring (bicyclic) bond motifs is 1. The number of nitrogens with zero attached hydrogens (tertiary/aromatic N) is 4. The molecule has 5 rings (SSSR count). The van der Waals surface area contributed by atoms with E-state index in [0.717, 1.165) is 0 Å². The molecule has 0 radical (unpaired) electrons. The molecule has 0 aliphatic carbocycles. The van der Waals surface area contributed by atoms with E-state index < -0.39 is 44.1 Å². The first-order valence-corrected chi connectivity index (χ1v) is 18.8. The monoisotopic (exact) mass is 742 g/mol. The topological polar surface area (TPSA) is 150 Å². The van der Waals surface area contributed by atoms with Crippen LogP contribution in [0.15, 0.2) is 75.1 Å². The van der Waals surface area contributed by atoms with Crippen LogP contribution < -0.4 is 3.71 Å². The molecule has 46 heavy (non-hydrogen) atoms. The molecule has 0 spiro atoms. The Morgan fingerprint density at radius 3 is 1.96 bits per heavy atom. The molecule has 0 aliphatic heterocycles. The van der Waals surface area contributed by atoms with E-state index in [0.29, 0.717) is 39.3 Å². The number of anilines is 1. The molecule has 244 valence electrons. The third kappa shape index (κ3) is 6.63. The Bertz CT molecular complexity index is 2080. The molecule has 0 saturated heterocycles. The van der Waals surface area contributed by atoms with Gasteiger partial charge < -0.3 is 10.2 Å². The number of carboxylic acid groups (broad SMARTS) is 1. The maximum absolute atomic E-state index is 14.2. The second kappa shape index (κ2) is 12.8. The predicted molar refractivity (Wildman–Crippen MR) is 180 cm³/mol. The molecule has 3 heterocycles. The molecule has 0 aliphatic rings. The van der Waals surface area contributed by atoms with Crippen molar-refractivity contribution >= 4 is 88.7 Å². The zero-order valence-corrected chi connectivity index (χ0v) is 29.4. The van der Waals surface area contributed by atoms with Crippen molar-refractivity contribution in [2.45, 2.75) is 54.4 Å². The molecule has 5 aromatic rings. The summed E-state index contributed by atoms with van der Waals surface area (Å²) < 4.78 is 58.0. The highest BCUT2D eigenvalue weighted by Gasteiger charge is 2.42. The maximum Gasteiger partial charge on any atom is 0.408 e. The van der Waals surface area contributed by atoms with E-state index in [1.54, 1.807) is 63.2 Å². The van der Waals surface area contributed by atoms with Gasteiger partial charge in [0.05, 0.1) is 32.7 Å². The summed E-state index contributed by atoms with van der Waals surface area (Å²) in [5.74, 6) is -0.436. The van der Waals surface area contributed by atoms with Gasteiger partial charge >= 0.3 is 6.09 Å². The van der Waals surface area contributed by atoms with Gasteiger partial charge in [-0.1, -0.05) is 59.6 Å². The second-order valence-corrected chi connectivity index (χ2v) is 18.8. The van der Waals surface area contributed by atoms with Crippen LogP contribution in [-0.2, 0) is 39.7 Å². The van der Waals surface area contributed by atoms with E-state index in [1.165, 1.54) is 33.8 Å². The third-order valence-corrected chi connectivity index (χ3v) is 14.4. The summed E-state index contributed by atoms with van der Waals surface area (Å²) in [6, 6.07) is 17.1. The molecule has 0 fully saturated rings. The zero-order valence-electron chi connectivity index (χ0n) is 24.6. The van der Waals surface area contributed by atoms with Crippen molar-refractivity contribution in [3.63, 3.8) is 0 Å². The highest BCUT2D eigenvalue weighted by molar-refractivity contribution is 8.11. The highest BCUT2D eigenvalue weighted by atomic mass is 35.5. The van der Waals surface area contributed by atoms with Gasteiger partial charge in [0.1, 0.15) is 8.42 Å². The Balaban J connectivity index is 1.69. The van der Waals surface area contributed by atoms with E-state index >= 15 is 0 Å². The highest BCUT2D eigenvalue weighted by Crippen LogP contribution is 2.41. The first kappa shape index (κ1) is 34.2. The van der Waals surface area contributed by atoms with Gasteiger partial charge in [-0.05, 0) is 67.8 Å². The summed E-state index contributed by atoms with van der Waals surface area (Å²) in [5, 5.41) is 24.7. The third-order valence-electron chi connectivity index (χ3n) is 6.94. The smallest absolute Gasteiger partial charge is 0.408 e. The van der Waals surface area contributed by atoms with E-state index in [9.17, 15) is 31.8 Å². The fourth-order valence-electron chi connectivity index (χ4n) is 4.82. The number of amides is 1. The zero-order chi connectivity index (χ0) is 33.6. The fraction of sp³-hybridized carbons (Fsp3) is 0.241. The molecular formula is C29H28Cl2N4O7S4. The van der Waals surface area contributed by atoms with Gasteiger partial charge in [-0.3, -0.25) is 9.58 Å². The van der Waals surface area contributed by atoms with Crippen molar-refractivity contribution in [2.75, 3.05) is 3.71 Å². The number of rotatable bonds is 10. The summed E-state index contributed by atoms with van der Waals surface area (Å²) in [4.78, 5) is 13.3. The molecule has 3 aromatic heterocycles. The van der Waals surface area contributed by atoms with Crippen LogP contribution in [-0.4, -0.2) is 53.4 Å². The number of aliphatic hydroxyl groups excluding tert-OH is 1. The van der Waals surface area contributed by atoms with Gasteiger partial charge in [0, 0.05) is 12.1 Å². The van der Waals surface area contributed by atoms with Crippen molar-refractivity contribution < 1.29 is 31.8 Å². The molecule has 0 saturated carbocycles. The normalized spacial score (nSPS) is 12.5. The van der Waals surface area contributed by atoms with Crippen LogP contribution in [0.5, 0.6) is 0 Å².